The molecule has 0 aliphatic carbocycles. The molecule has 1 fully saturated rings. The average Bonchev–Trinajstić information content (AvgIpc) is 2.99. The predicted molar refractivity (Wildman–Crippen MR) is 109 cm³/mol. The minimum atomic E-state index is -0.345. The van der Waals surface area contributed by atoms with Crippen molar-refractivity contribution in [2.45, 2.75) is 38.6 Å². The number of amides is 2. The molecular formula is C20H32ClN3O3. The van der Waals surface area contributed by atoms with Crippen LogP contribution in [-0.2, 0) is 9.59 Å². The molecule has 0 saturated carbocycles. The molecular weight excluding hydrogens is 366 g/mol. The summed E-state index contributed by atoms with van der Waals surface area (Å²) in [7, 11) is 3.52. The van der Waals surface area contributed by atoms with Crippen LogP contribution in [0.5, 0.6) is 5.75 Å². The Morgan fingerprint density at radius 3 is 2.52 bits per heavy atom. The Balaban J connectivity index is 0.00000364. The molecule has 6 nitrogen and oxygen atoms in total. The number of halogens is 1. The van der Waals surface area contributed by atoms with Gasteiger partial charge in [-0.2, -0.15) is 0 Å². The maximum atomic E-state index is 12.7. The molecule has 1 aromatic carbocycles. The van der Waals surface area contributed by atoms with Crippen LogP contribution in [0.2, 0.25) is 0 Å². The number of nitrogens with zero attached hydrogens (tertiary/aromatic N) is 1. The predicted octanol–water partition coefficient (Wildman–Crippen LogP) is 2.53. The minimum absolute atomic E-state index is 0. The highest BCUT2D eigenvalue weighted by Gasteiger charge is 2.43. The van der Waals surface area contributed by atoms with E-state index >= 15 is 0 Å². The van der Waals surface area contributed by atoms with Crippen molar-refractivity contribution in [2.75, 3.05) is 33.8 Å². The van der Waals surface area contributed by atoms with Crippen LogP contribution >= 0.6 is 12.4 Å². The van der Waals surface area contributed by atoms with E-state index in [1.165, 1.54) is 0 Å². The summed E-state index contributed by atoms with van der Waals surface area (Å²) in [6, 6.07) is 7.49. The lowest BCUT2D eigenvalue weighted by Crippen LogP contribution is -2.36. The molecule has 1 saturated heterocycles. The van der Waals surface area contributed by atoms with Gasteiger partial charge in [0.15, 0.2) is 0 Å². The van der Waals surface area contributed by atoms with E-state index in [0.29, 0.717) is 13.1 Å². The minimum Gasteiger partial charge on any atom is -0.497 e. The number of carbonyl (C=O) groups is 2. The molecule has 0 spiro atoms. The number of unbranched alkanes of at least 4 members (excludes halogenated alkanes) is 1. The van der Waals surface area contributed by atoms with Crippen LogP contribution < -0.4 is 15.4 Å². The molecule has 2 unspecified atom stereocenters. The fourth-order valence-corrected chi connectivity index (χ4v) is 3.44. The third kappa shape index (κ3) is 6.11. The number of rotatable bonds is 10. The largest absolute Gasteiger partial charge is 0.497 e. The van der Waals surface area contributed by atoms with Crippen molar-refractivity contribution in [3.05, 3.63) is 29.8 Å². The Bertz CT molecular complexity index is 595. The number of likely N-dealkylation sites (tertiary alicyclic amines) is 1. The van der Waals surface area contributed by atoms with E-state index in [4.69, 9.17) is 4.74 Å². The summed E-state index contributed by atoms with van der Waals surface area (Å²) in [5.41, 5.74) is 0.989. The number of methoxy groups -OCH3 is 1. The van der Waals surface area contributed by atoms with Gasteiger partial charge in [-0.15, -0.1) is 12.4 Å². The monoisotopic (exact) mass is 397 g/mol. The lowest BCUT2D eigenvalue weighted by atomic mass is 9.92. The van der Waals surface area contributed by atoms with Crippen molar-refractivity contribution in [1.82, 2.24) is 15.5 Å². The first-order valence-corrected chi connectivity index (χ1v) is 9.48. The summed E-state index contributed by atoms with van der Waals surface area (Å²) in [4.78, 5) is 27.2. The van der Waals surface area contributed by atoms with Gasteiger partial charge in [-0.05, 0) is 44.1 Å². The second-order valence-corrected chi connectivity index (χ2v) is 6.72. The zero-order chi connectivity index (χ0) is 18.9. The molecule has 1 aliphatic heterocycles. The van der Waals surface area contributed by atoms with Gasteiger partial charge < -0.3 is 20.3 Å². The maximum absolute atomic E-state index is 12.7. The SMILES string of the molecule is CCCCN1C(=O)CC(C(=O)NCCCNC)C1c1ccc(OC)cc1.Cl. The molecule has 0 bridgehead atoms. The molecule has 2 N–H and O–H groups in total. The van der Waals surface area contributed by atoms with Gasteiger partial charge in [0.1, 0.15) is 5.75 Å². The third-order valence-electron chi connectivity index (χ3n) is 4.88. The van der Waals surface area contributed by atoms with E-state index < -0.39 is 0 Å². The van der Waals surface area contributed by atoms with Gasteiger partial charge in [-0.1, -0.05) is 25.5 Å². The van der Waals surface area contributed by atoms with Crippen LogP contribution in [0.15, 0.2) is 24.3 Å². The first-order chi connectivity index (χ1) is 12.6. The summed E-state index contributed by atoms with van der Waals surface area (Å²) < 4.78 is 5.23. The molecule has 2 rings (SSSR count). The van der Waals surface area contributed by atoms with Crippen molar-refractivity contribution >= 4 is 24.2 Å². The van der Waals surface area contributed by atoms with Crippen LogP contribution in [0.4, 0.5) is 0 Å². The summed E-state index contributed by atoms with van der Waals surface area (Å²) in [6.45, 7) is 4.27. The van der Waals surface area contributed by atoms with Crippen molar-refractivity contribution in [3.63, 3.8) is 0 Å². The van der Waals surface area contributed by atoms with Crippen LogP contribution in [0.3, 0.4) is 0 Å². The summed E-state index contributed by atoms with van der Waals surface area (Å²) in [5, 5.41) is 6.06. The Morgan fingerprint density at radius 1 is 1.22 bits per heavy atom. The summed E-state index contributed by atoms with van der Waals surface area (Å²) >= 11 is 0. The number of hydrogen-bond acceptors (Lipinski definition) is 4. The van der Waals surface area contributed by atoms with Crippen molar-refractivity contribution in [3.8, 4) is 5.75 Å². The Kier molecular flexibility index (Phi) is 10.2. The zero-order valence-electron chi connectivity index (χ0n) is 16.5. The van der Waals surface area contributed by atoms with Crippen molar-refractivity contribution < 1.29 is 14.3 Å². The molecule has 0 aromatic heterocycles. The Morgan fingerprint density at radius 2 is 1.93 bits per heavy atom. The number of hydrogen-bond donors (Lipinski definition) is 2. The zero-order valence-corrected chi connectivity index (χ0v) is 17.3. The van der Waals surface area contributed by atoms with Crippen LogP contribution in [0.25, 0.3) is 0 Å². The number of ether oxygens (including phenoxy) is 1. The van der Waals surface area contributed by atoms with Crippen molar-refractivity contribution in [1.29, 1.82) is 0 Å². The van der Waals surface area contributed by atoms with Crippen LogP contribution in [0.1, 0.15) is 44.2 Å². The van der Waals surface area contributed by atoms with Gasteiger partial charge in [0.2, 0.25) is 11.8 Å². The molecule has 1 heterocycles. The quantitative estimate of drug-likeness (QED) is 0.595. The van der Waals surface area contributed by atoms with E-state index in [-0.39, 0.29) is 42.6 Å². The normalized spacial score (nSPS) is 18.9. The highest BCUT2D eigenvalue weighted by atomic mass is 35.5. The molecule has 0 radical (unpaired) electrons. The second kappa shape index (κ2) is 11.8. The van der Waals surface area contributed by atoms with Crippen molar-refractivity contribution in [2.24, 2.45) is 5.92 Å². The lowest BCUT2D eigenvalue weighted by molar-refractivity contribution is -0.129. The molecule has 2 atom stereocenters. The Labute approximate surface area is 168 Å². The van der Waals surface area contributed by atoms with Gasteiger partial charge in [-0.3, -0.25) is 9.59 Å². The Hall–Kier alpha value is -1.79. The van der Waals surface area contributed by atoms with E-state index in [2.05, 4.69) is 17.6 Å². The van der Waals surface area contributed by atoms with E-state index in [1.807, 2.05) is 36.2 Å². The fourth-order valence-electron chi connectivity index (χ4n) is 3.44. The van der Waals surface area contributed by atoms with Crippen LogP contribution in [-0.4, -0.2) is 50.5 Å². The van der Waals surface area contributed by atoms with E-state index in [0.717, 1.165) is 37.1 Å². The van der Waals surface area contributed by atoms with Gasteiger partial charge in [0.25, 0.3) is 0 Å². The molecule has 1 aromatic rings. The highest BCUT2D eigenvalue weighted by Crippen LogP contribution is 2.39. The molecule has 152 valence electrons. The first-order valence-electron chi connectivity index (χ1n) is 9.48. The molecule has 1 aliphatic rings. The molecule has 27 heavy (non-hydrogen) atoms. The first kappa shape index (κ1) is 23.2. The standard InChI is InChI=1S/C20H31N3O3.ClH/c1-4-5-13-23-18(24)14-17(20(25)22-12-6-11-21-2)19(23)15-7-9-16(26-3)10-8-15;/h7-10,17,19,21H,4-6,11-14H2,1-3H3,(H,22,25);1H. The average molecular weight is 398 g/mol. The smallest absolute Gasteiger partial charge is 0.226 e. The van der Waals surface area contributed by atoms with Gasteiger partial charge >= 0.3 is 0 Å². The van der Waals surface area contributed by atoms with Crippen LogP contribution in [0, 0.1) is 5.92 Å². The topological polar surface area (TPSA) is 70.7 Å². The van der Waals surface area contributed by atoms with E-state index in [1.54, 1.807) is 7.11 Å². The van der Waals surface area contributed by atoms with Gasteiger partial charge in [0.05, 0.1) is 19.1 Å². The third-order valence-corrected chi connectivity index (χ3v) is 4.88. The number of carbonyl (C=O) groups excluding carboxylic acids is 2. The fraction of sp³-hybridized carbons (Fsp3) is 0.600. The maximum Gasteiger partial charge on any atom is 0.226 e. The van der Waals surface area contributed by atoms with Gasteiger partial charge in [0, 0.05) is 19.5 Å². The lowest BCUT2D eigenvalue weighted by Gasteiger charge is -2.28. The summed E-state index contributed by atoms with van der Waals surface area (Å²) in [6.07, 6.45) is 3.10. The number of nitrogens with one attached hydrogen (secondary N) is 2. The second-order valence-electron chi connectivity index (χ2n) is 6.72. The molecule has 2 amide bonds. The molecule has 7 heteroatoms. The van der Waals surface area contributed by atoms with E-state index in [9.17, 15) is 9.59 Å². The summed E-state index contributed by atoms with van der Waals surface area (Å²) in [5.74, 6) is 0.456. The van der Waals surface area contributed by atoms with Gasteiger partial charge in [-0.25, -0.2) is 0 Å². The highest BCUT2D eigenvalue weighted by molar-refractivity contribution is 5.90. The number of benzene rings is 1.